The molecule has 1 amide bonds. The van der Waals surface area contributed by atoms with Gasteiger partial charge < -0.3 is 14.8 Å². The Morgan fingerprint density at radius 1 is 1.15 bits per heavy atom. The number of carbonyl (C=O) groups excluding carboxylic acids is 1. The van der Waals surface area contributed by atoms with E-state index in [1.807, 2.05) is 0 Å². The average Bonchev–Trinajstić information content (AvgIpc) is 2.63. The molecule has 9 heteroatoms. The highest BCUT2D eigenvalue weighted by Gasteiger charge is 2.21. The van der Waals surface area contributed by atoms with Crippen LogP contribution >= 0.6 is 11.6 Å². The Kier molecular flexibility index (Phi) is 6.69. The predicted molar refractivity (Wildman–Crippen MR) is 104 cm³/mol. The number of sulfonamides is 1. The van der Waals surface area contributed by atoms with Crippen LogP contribution in [0.25, 0.3) is 0 Å². The predicted octanol–water partition coefficient (Wildman–Crippen LogP) is 3.00. The number of methoxy groups -OCH3 is 1. The summed E-state index contributed by atoms with van der Waals surface area (Å²) in [5.41, 5.74) is 0.233. The standard InChI is InChI=1S/C18H21ClN2O5S/c1-12(26-14-7-5-13(19)6-8-14)18(22)20-16-11-15(9-10-17(16)25-4)27(23,24)21(2)3/h5-12H,1-4H3,(H,20,22). The Hall–Kier alpha value is -2.29. The number of benzene rings is 2. The van der Waals surface area contributed by atoms with Crippen molar-refractivity contribution in [2.24, 2.45) is 0 Å². The second kappa shape index (κ2) is 8.60. The van der Waals surface area contributed by atoms with Crippen molar-refractivity contribution < 1.29 is 22.7 Å². The molecule has 0 aromatic heterocycles. The molecule has 2 aromatic rings. The monoisotopic (exact) mass is 412 g/mol. The molecule has 0 heterocycles. The summed E-state index contributed by atoms with van der Waals surface area (Å²) in [5.74, 6) is 0.361. The van der Waals surface area contributed by atoms with E-state index in [9.17, 15) is 13.2 Å². The third kappa shape index (κ3) is 5.12. The zero-order valence-corrected chi connectivity index (χ0v) is 17.0. The Morgan fingerprint density at radius 3 is 2.33 bits per heavy atom. The van der Waals surface area contributed by atoms with Gasteiger partial charge in [-0.05, 0) is 49.4 Å². The van der Waals surface area contributed by atoms with Crippen LogP contribution in [0, 0.1) is 0 Å². The number of ether oxygens (including phenoxy) is 2. The molecule has 0 radical (unpaired) electrons. The van der Waals surface area contributed by atoms with Crippen LogP contribution in [0.4, 0.5) is 5.69 Å². The fourth-order valence-electron chi connectivity index (χ4n) is 2.16. The van der Waals surface area contributed by atoms with E-state index in [0.717, 1.165) is 4.31 Å². The average molecular weight is 413 g/mol. The maximum Gasteiger partial charge on any atom is 0.265 e. The fourth-order valence-corrected chi connectivity index (χ4v) is 3.22. The Labute approximate surface area is 163 Å². The molecule has 0 spiro atoms. The molecule has 1 N–H and O–H groups in total. The van der Waals surface area contributed by atoms with Gasteiger partial charge in [-0.15, -0.1) is 0 Å². The molecule has 0 saturated carbocycles. The lowest BCUT2D eigenvalue weighted by Gasteiger charge is -2.18. The molecule has 0 saturated heterocycles. The maximum absolute atomic E-state index is 12.5. The van der Waals surface area contributed by atoms with Crippen LogP contribution in [-0.4, -0.2) is 45.9 Å². The van der Waals surface area contributed by atoms with Gasteiger partial charge in [0.05, 0.1) is 17.7 Å². The van der Waals surface area contributed by atoms with Crippen molar-refractivity contribution >= 4 is 33.2 Å². The van der Waals surface area contributed by atoms with E-state index in [1.54, 1.807) is 31.2 Å². The highest BCUT2D eigenvalue weighted by molar-refractivity contribution is 7.89. The summed E-state index contributed by atoms with van der Waals surface area (Å²) in [6, 6.07) is 10.9. The number of halogens is 1. The number of rotatable bonds is 7. The van der Waals surface area contributed by atoms with Crippen molar-refractivity contribution in [2.45, 2.75) is 17.9 Å². The van der Waals surface area contributed by atoms with Gasteiger partial charge in [0, 0.05) is 19.1 Å². The van der Waals surface area contributed by atoms with Crippen molar-refractivity contribution in [2.75, 3.05) is 26.5 Å². The SMILES string of the molecule is COc1ccc(S(=O)(=O)N(C)C)cc1NC(=O)C(C)Oc1ccc(Cl)cc1. The first-order valence-electron chi connectivity index (χ1n) is 7.99. The topological polar surface area (TPSA) is 84.9 Å². The third-order valence-corrected chi connectivity index (χ3v) is 5.77. The first-order chi connectivity index (χ1) is 12.6. The van der Waals surface area contributed by atoms with Crippen LogP contribution in [-0.2, 0) is 14.8 Å². The summed E-state index contributed by atoms with van der Waals surface area (Å²) in [6.45, 7) is 1.58. The van der Waals surface area contributed by atoms with Crippen molar-refractivity contribution in [3.05, 3.63) is 47.5 Å². The molecular weight excluding hydrogens is 392 g/mol. The third-order valence-electron chi connectivity index (χ3n) is 3.70. The Bertz CT molecular complexity index is 914. The van der Waals surface area contributed by atoms with Gasteiger partial charge in [0.15, 0.2) is 6.10 Å². The van der Waals surface area contributed by atoms with Gasteiger partial charge in [0.25, 0.3) is 5.91 Å². The molecule has 0 aliphatic heterocycles. The minimum Gasteiger partial charge on any atom is -0.495 e. The smallest absolute Gasteiger partial charge is 0.265 e. The molecule has 0 bridgehead atoms. The number of nitrogens with one attached hydrogen (secondary N) is 1. The van der Waals surface area contributed by atoms with Crippen LogP contribution in [0.5, 0.6) is 11.5 Å². The van der Waals surface area contributed by atoms with E-state index < -0.39 is 22.0 Å². The number of nitrogens with zero attached hydrogens (tertiary/aromatic N) is 1. The second-order valence-corrected chi connectivity index (χ2v) is 8.44. The van der Waals surface area contributed by atoms with E-state index >= 15 is 0 Å². The van der Waals surface area contributed by atoms with E-state index in [-0.39, 0.29) is 10.6 Å². The molecule has 0 aliphatic carbocycles. The zero-order chi connectivity index (χ0) is 20.2. The lowest BCUT2D eigenvalue weighted by atomic mass is 10.2. The molecular formula is C18H21ClN2O5S. The number of amides is 1. The van der Waals surface area contributed by atoms with E-state index in [4.69, 9.17) is 21.1 Å². The Balaban J connectivity index is 2.21. The van der Waals surface area contributed by atoms with Crippen LogP contribution in [0.3, 0.4) is 0 Å². The van der Waals surface area contributed by atoms with Gasteiger partial charge in [-0.2, -0.15) is 0 Å². The van der Waals surface area contributed by atoms with Crippen LogP contribution in [0.2, 0.25) is 5.02 Å². The minimum atomic E-state index is -3.65. The highest BCUT2D eigenvalue weighted by Crippen LogP contribution is 2.29. The van der Waals surface area contributed by atoms with Gasteiger partial charge in [-0.1, -0.05) is 11.6 Å². The summed E-state index contributed by atoms with van der Waals surface area (Å²) in [6.07, 6.45) is -0.829. The molecule has 1 atom stereocenters. The molecule has 1 unspecified atom stereocenters. The zero-order valence-electron chi connectivity index (χ0n) is 15.4. The van der Waals surface area contributed by atoms with Crippen molar-refractivity contribution in [3.63, 3.8) is 0 Å². The van der Waals surface area contributed by atoms with Crippen molar-refractivity contribution in [3.8, 4) is 11.5 Å². The van der Waals surface area contributed by atoms with E-state index in [1.165, 1.54) is 39.4 Å². The molecule has 146 valence electrons. The van der Waals surface area contributed by atoms with E-state index in [2.05, 4.69) is 5.32 Å². The summed E-state index contributed by atoms with van der Waals surface area (Å²) in [5, 5.41) is 3.20. The fraction of sp³-hybridized carbons (Fsp3) is 0.278. The van der Waals surface area contributed by atoms with E-state index in [0.29, 0.717) is 16.5 Å². The van der Waals surface area contributed by atoms with Crippen molar-refractivity contribution in [1.82, 2.24) is 4.31 Å². The first kappa shape index (κ1) is 21.0. The second-order valence-electron chi connectivity index (χ2n) is 5.85. The summed E-state index contributed by atoms with van der Waals surface area (Å²) < 4.78 is 36.5. The Morgan fingerprint density at radius 2 is 1.78 bits per heavy atom. The molecule has 2 aromatic carbocycles. The van der Waals surface area contributed by atoms with Crippen LogP contribution < -0.4 is 14.8 Å². The van der Waals surface area contributed by atoms with Crippen LogP contribution in [0.15, 0.2) is 47.4 Å². The van der Waals surface area contributed by atoms with Gasteiger partial charge in [0.1, 0.15) is 11.5 Å². The van der Waals surface area contributed by atoms with Gasteiger partial charge in [-0.25, -0.2) is 12.7 Å². The quantitative estimate of drug-likeness (QED) is 0.755. The maximum atomic E-state index is 12.5. The largest absolute Gasteiger partial charge is 0.495 e. The molecule has 0 fully saturated rings. The van der Waals surface area contributed by atoms with Gasteiger partial charge >= 0.3 is 0 Å². The number of hydrogen-bond acceptors (Lipinski definition) is 5. The number of anilines is 1. The number of carbonyl (C=O) groups is 1. The summed E-state index contributed by atoms with van der Waals surface area (Å²) in [7, 11) is 0.640. The van der Waals surface area contributed by atoms with Crippen LogP contribution in [0.1, 0.15) is 6.92 Å². The first-order valence-corrected chi connectivity index (χ1v) is 9.80. The minimum absolute atomic E-state index is 0.0369. The van der Waals surface area contributed by atoms with Crippen molar-refractivity contribution in [1.29, 1.82) is 0 Å². The number of hydrogen-bond donors (Lipinski definition) is 1. The summed E-state index contributed by atoms with van der Waals surface area (Å²) >= 11 is 5.82. The molecule has 2 rings (SSSR count). The highest BCUT2D eigenvalue weighted by atomic mass is 35.5. The molecule has 7 nitrogen and oxygen atoms in total. The lowest BCUT2D eigenvalue weighted by Crippen LogP contribution is -2.30. The van der Waals surface area contributed by atoms with Gasteiger partial charge in [-0.3, -0.25) is 4.79 Å². The summed E-state index contributed by atoms with van der Waals surface area (Å²) in [4.78, 5) is 12.5. The molecule has 0 aliphatic rings. The van der Waals surface area contributed by atoms with Gasteiger partial charge in [0.2, 0.25) is 10.0 Å². The molecule has 27 heavy (non-hydrogen) atoms. The lowest BCUT2D eigenvalue weighted by molar-refractivity contribution is -0.122. The normalized spacial score (nSPS) is 12.5.